The van der Waals surface area contributed by atoms with Crippen LogP contribution < -0.4 is 7.22 Å². The quantitative estimate of drug-likeness (QED) is 0.409. The van der Waals surface area contributed by atoms with Gasteiger partial charge in [-0.05, 0) is 0 Å². The third-order valence-electron chi connectivity index (χ3n) is 2.12. The fraction of sp³-hybridized carbons (Fsp3) is 0. The summed E-state index contributed by atoms with van der Waals surface area (Å²) in [7, 11) is 0. The van der Waals surface area contributed by atoms with E-state index >= 15 is 0 Å². The van der Waals surface area contributed by atoms with E-state index in [9.17, 15) is 35.1 Å². The molecule has 2 aromatic heterocycles. The SMILES string of the molecule is Fc1nc(F)c(F)c([Te]c2c(F)c(F)nc(F)c2F)c1F. The van der Waals surface area contributed by atoms with Crippen LogP contribution in [0.4, 0.5) is 35.1 Å². The Morgan fingerprint density at radius 1 is 0.476 bits per heavy atom. The van der Waals surface area contributed by atoms with Gasteiger partial charge < -0.3 is 0 Å². The van der Waals surface area contributed by atoms with E-state index in [1.165, 1.54) is 0 Å². The maximum absolute atomic E-state index is 13.3. The van der Waals surface area contributed by atoms with Crippen molar-refractivity contribution in [3.8, 4) is 0 Å². The zero-order valence-electron chi connectivity index (χ0n) is 9.33. The van der Waals surface area contributed by atoms with E-state index in [1.807, 2.05) is 0 Å². The summed E-state index contributed by atoms with van der Waals surface area (Å²) in [5.74, 6) is -16.1. The van der Waals surface area contributed by atoms with Crippen molar-refractivity contribution >= 4 is 28.1 Å². The first-order valence-corrected chi connectivity index (χ1v) is 7.14. The van der Waals surface area contributed by atoms with Gasteiger partial charge in [0.05, 0.1) is 0 Å². The molecule has 2 aromatic rings. The molecule has 2 rings (SSSR count). The zero-order chi connectivity index (χ0) is 15.9. The van der Waals surface area contributed by atoms with Gasteiger partial charge in [-0.15, -0.1) is 0 Å². The van der Waals surface area contributed by atoms with Gasteiger partial charge in [-0.1, -0.05) is 0 Å². The van der Waals surface area contributed by atoms with E-state index in [0.717, 1.165) is 0 Å². The van der Waals surface area contributed by atoms with Crippen LogP contribution in [0.15, 0.2) is 0 Å². The van der Waals surface area contributed by atoms with Crippen molar-refractivity contribution < 1.29 is 35.1 Å². The molecule has 0 fully saturated rings. The molecule has 21 heavy (non-hydrogen) atoms. The fourth-order valence-electron chi connectivity index (χ4n) is 1.22. The monoisotopic (exact) mass is 430 g/mol. The van der Waals surface area contributed by atoms with Crippen molar-refractivity contribution in [2.45, 2.75) is 0 Å². The van der Waals surface area contributed by atoms with E-state index in [0.29, 0.717) is 0 Å². The Morgan fingerprint density at radius 2 is 0.714 bits per heavy atom. The summed E-state index contributed by atoms with van der Waals surface area (Å²) in [6.07, 6.45) is 0. The van der Waals surface area contributed by atoms with E-state index in [4.69, 9.17) is 0 Å². The van der Waals surface area contributed by atoms with Crippen LogP contribution in [0.5, 0.6) is 0 Å². The number of pyridine rings is 2. The third kappa shape index (κ3) is 2.80. The van der Waals surface area contributed by atoms with Crippen molar-refractivity contribution in [1.29, 1.82) is 0 Å². The Bertz CT molecular complexity index is 622. The molecule has 0 radical (unpaired) electrons. The van der Waals surface area contributed by atoms with Crippen LogP contribution in [0.25, 0.3) is 0 Å². The first kappa shape index (κ1) is 15.9. The molecule has 0 aliphatic rings. The zero-order valence-corrected chi connectivity index (χ0v) is 11.7. The topological polar surface area (TPSA) is 25.8 Å². The second-order valence-electron chi connectivity index (χ2n) is 3.40. The van der Waals surface area contributed by atoms with Crippen molar-refractivity contribution in [3.63, 3.8) is 0 Å². The molecule has 0 spiro atoms. The van der Waals surface area contributed by atoms with Gasteiger partial charge in [0.25, 0.3) is 0 Å². The van der Waals surface area contributed by atoms with E-state index in [2.05, 4.69) is 9.97 Å². The summed E-state index contributed by atoms with van der Waals surface area (Å²) in [4.78, 5) is 4.49. The summed E-state index contributed by atoms with van der Waals surface area (Å²) in [6.45, 7) is 0. The Kier molecular flexibility index (Phi) is 4.34. The van der Waals surface area contributed by atoms with Gasteiger partial charge in [0.1, 0.15) is 0 Å². The number of hydrogen-bond donors (Lipinski definition) is 0. The molecule has 112 valence electrons. The van der Waals surface area contributed by atoms with Crippen LogP contribution in [-0.2, 0) is 0 Å². The van der Waals surface area contributed by atoms with E-state index in [1.54, 1.807) is 0 Å². The van der Waals surface area contributed by atoms with Gasteiger partial charge in [0.15, 0.2) is 0 Å². The van der Waals surface area contributed by atoms with Crippen molar-refractivity contribution in [2.75, 3.05) is 0 Å². The molecule has 0 unspecified atom stereocenters. The molecular weight excluding hydrogens is 428 g/mol. The van der Waals surface area contributed by atoms with E-state index in [-0.39, 0.29) is 0 Å². The fourth-order valence-corrected chi connectivity index (χ4v) is 3.78. The molecule has 2 nitrogen and oxygen atoms in total. The summed E-state index contributed by atoms with van der Waals surface area (Å²) >= 11 is -2.88. The van der Waals surface area contributed by atoms with Crippen molar-refractivity contribution in [2.24, 2.45) is 0 Å². The molecule has 0 aliphatic heterocycles. The predicted octanol–water partition coefficient (Wildman–Crippen LogP) is 1.24. The first-order chi connectivity index (χ1) is 9.73. The second-order valence-corrected chi connectivity index (χ2v) is 6.32. The molecule has 2 heterocycles. The third-order valence-corrected chi connectivity index (χ3v) is 5.33. The van der Waals surface area contributed by atoms with Crippen LogP contribution in [0.3, 0.4) is 0 Å². The molecule has 0 amide bonds. The number of nitrogens with zero attached hydrogens (tertiary/aromatic N) is 2. The average Bonchev–Trinajstić information content (AvgIpc) is 2.42. The molecule has 0 N–H and O–H groups in total. The van der Waals surface area contributed by atoms with E-state index < -0.39 is 75.2 Å². The molecule has 11 heteroatoms. The average molecular weight is 428 g/mol. The summed E-state index contributed by atoms with van der Waals surface area (Å²) in [5.41, 5.74) is 0. The van der Waals surface area contributed by atoms with Crippen molar-refractivity contribution in [1.82, 2.24) is 9.97 Å². The number of rotatable bonds is 2. The molecule has 0 bridgehead atoms. The van der Waals surface area contributed by atoms with Crippen molar-refractivity contribution in [3.05, 3.63) is 47.1 Å². The minimum absolute atomic E-state index is 1.34. The molecular formula is C10F8N2Te. The summed E-state index contributed by atoms with van der Waals surface area (Å²) in [6, 6.07) is 0. The Hall–Kier alpha value is -1.47. The Labute approximate surface area is 120 Å². The standard InChI is InChI=1S/C10F8N2Te/c11-1-5(2(12)8(16)19-7(1)15)21-6-3(13)9(17)20-10(18)4(6)14. The maximum atomic E-state index is 13.3. The number of halogens is 8. The Balaban J connectivity index is 2.64. The molecule has 0 aliphatic carbocycles. The normalized spacial score (nSPS) is 11.0. The Morgan fingerprint density at radius 3 is 0.952 bits per heavy atom. The van der Waals surface area contributed by atoms with Gasteiger partial charge in [-0.3, -0.25) is 0 Å². The predicted molar refractivity (Wildman–Crippen MR) is 53.2 cm³/mol. The minimum atomic E-state index is -2.88. The molecule has 0 aromatic carbocycles. The number of hydrogen-bond acceptors (Lipinski definition) is 2. The van der Waals surface area contributed by atoms with Gasteiger partial charge in [-0.2, -0.15) is 0 Å². The van der Waals surface area contributed by atoms with Crippen LogP contribution in [0, 0.1) is 47.1 Å². The van der Waals surface area contributed by atoms with Gasteiger partial charge in [-0.25, -0.2) is 0 Å². The number of aromatic nitrogens is 2. The van der Waals surface area contributed by atoms with Gasteiger partial charge in [0.2, 0.25) is 0 Å². The first-order valence-electron chi connectivity index (χ1n) is 4.81. The van der Waals surface area contributed by atoms with Crippen LogP contribution in [0.2, 0.25) is 0 Å². The molecule has 0 saturated heterocycles. The molecule has 0 saturated carbocycles. The summed E-state index contributed by atoms with van der Waals surface area (Å²) in [5, 5.41) is 0. The van der Waals surface area contributed by atoms with Crippen LogP contribution in [0.1, 0.15) is 0 Å². The van der Waals surface area contributed by atoms with Crippen LogP contribution >= 0.6 is 0 Å². The van der Waals surface area contributed by atoms with Gasteiger partial charge in [0, 0.05) is 0 Å². The molecule has 0 atom stereocenters. The summed E-state index contributed by atoms with van der Waals surface area (Å²) < 4.78 is 102. The second kappa shape index (κ2) is 5.73. The van der Waals surface area contributed by atoms with Crippen LogP contribution in [-0.4, -0.2) is 30.9 Å². The van der Waals surface area contributed by atoms with Gasteiger partial charge >= 0.3 is 120 Å².